The fourth-order valence-corrected chi connectivity index (χ4v) is 3.18. The fraction of sp³-hybridized carbons (Fsp3) is 0.500. The quantitative estimate of drug-likeness (QED) is 0.891. The molecule has 0 amide bonds. The van der Waals surface area contributed by atoms with Crippen molar-refractivity contribution in [1.82, 2.24) is 9.88 Å². The third-order valence-electron chi connectivity index (χ3n) is 4.22. The molecule has 0 aliphatic heterocycles. The van der Waals surface area contributed by atoms with Crippen molar-refractivity contribution in [2.45, 2.75) is 38.1 Å². The number of nitrogens with zero attached hydrogens (tertiary/aromatic N) is 1. The summed E-state index contributed by atoms with van der Waals surface area (Å²) in [7, 11) is 1.98. The van der Waals surface area contributed by atoms with Crippen LogP contribution in [0.4, 0.5) is 4.39 Å². The van der Waals surface area contributed by atoms with E-state index in [1.165, 1.54) is 36.6 Å². The number of hydrogen-bond acceptors (Lipinski definition) is 1. The van der Waals surface area contributed by atoms with Gasteiger partial charge in [0.1, 0.15) is 5.82 Å². The smallest absolute Gasteiger partial charge is 0.125 e. The van der Waals surface area contributed by atoms with E-state index in [1.807, 2.05) is 17.7 Å². The molecule has 1 aromatic carbocycles. The van der Waals surface area contributed by atoms with Crippen LogP contribution in [0.15, 0.2) is 24.4 Å². The average molecular weight is 260 g/mol. The number of benzene rings is 1. The van der Waals surface area contributed by atoms with E-state index in [-0.39, 0.29) is 5.82 Å². The van der Waals surface area contributed by atoms with Gasteiger partial charge in [-0.1, -0.05) is 12.8 Å². The molecule has 3 heteroatoms. The summed E-state index contributed by atoms with van der Waals surface area (Å²) in [6, 6.07) is 5.78. The summed E-state index contributed by atoms with van der Waals surface area (Å²) in [4.78, 5) is 0. The first kappa shape index (κ1) is 12.7. The Balaban J connectivity index is 1.70. The summed E-state index contributed by atoms with van der Waals surface area (Å²) in [6.07, 6.45) is 8.51. The van der Waals surface area contributed by atoms with Gasteiger partial charge in [0.2, 0.25) is 0 Å². The summed E-state index contributed by atoms with van der Waals surface area (Å²) >= 11 is 0. The third-order valence-corrected chi connectivity index (χ3v) is 4.22. The molecule has 2 nitrogen and oxygen atoms in total. The molecule has 0 radical (unpaired) electrons. The molecule has 1 N–H and O–H groups in total. The van der Waals surface area contributed by atoms with Gasteiger partial charge in [-0.25, -0.2) is 4.39 Å². The summed E-state index contributed by atoms with van der Waals surface area (Å²) in [5, 5.41) is 4.81. The highest BCUT2D eigenvalue weighted by Gasteiger charge is 2.14. The number of fused-ring (bicyclic) bond motifs is 1. The normalized spacial score (nSPS) is 16.5. The molecule has 3 rings (SSSR count). The second-order valence-electron chi connectivity index (χ2n) is 5.61. The van der Waals surface area contributed by atoms with Crippen molar-refractivity contribution in [2.24, 2.45) is 7.05 Å². The summed E-state index contributed by atoms with van der Waals surface area (Å²) < 4.78 is 15.3. The van der Waals surface area contributed by atoms with Gasteiger partial charge in [-0.05, 0) is 49.6 Å². The van der Waals surface area contributed by atoms with Gasteiger partial charge in [-0.15, -0.1) is 0 Å². The van der Waals surface area contributed by atoms with Gasteiger partial charge >= 0.3 is 0 Å². The molecule has 1 aliphatic rings. The van der Waals surface area contributed by atoms with Crippen LogP contribution in [0.2, 0.25) is 0 Å². The monoisotopic (exact) mass is 260 g/mol. The Morgan fingerprint density at radius 2 is 2.11 bits per heavy atom. The molecule has 0 saturated heterocycles. The molecule has 0 bridgehead atoms. The molecule has 1 aromatic heterocycles. The highest BCUT2D eigenvalue weighted by Crippen LogP contribution is 2.22. The predicted molar refractivity (Wildman–Crippen MR) is 76.8 cm³/mol. The van der Waals surface area contributed by atoms with Gasteiger partial charge in [0.25, 0.3) is 0 Å². The lowest BCUT2D eigenvalue weighted by Crippen LogP contribution is -2.27. The van der Waals surface area contributed by atoms with Crippen molar-refractivity contribution in [3.63, 3.8) is 0 Å². The SMILES string of the molecule is Cn1cc(CCNC2CCCC2)c2ccc(F)cc21. The van der Waals surface area contributed by atoms with Crippen LogP contribution in [0.1, 0.15) is 31.2 Å². The maximum Gasteiger partial charge on any atom is 0.125 e. The highest BCUT2D eigenvalue weighted by molar-refractivity contribution is 5.84. The van der Waals surface area contributed by atoms with Gasteiger partial charge in [-0.3, -0.25) is 0 Å². The Morgan fingerprint density at radius 1 is 1.32 bits per heavy atom. The zero-order valence-electron chi connectivity index (χ0n) is 11.5. The molecule has 0 atom stereocenters. The molecular formula is C16H21FN2. The van der Waals surface area contributed by atoms with Crippen LogP contribution in [0.25, 0.3) is 10.9 Å². The van der Waals surface area contributed by atoms with E-state index in [9.17, 15) is 4.39 Å². The van der Waals surface area contributed by atoms with Gasteiger partial charge in [0, 0.05) is 24.7 Å². The number of aromatic nitrogens is 1. The Morgan fingerprint density at radius 3 is 2.89 bits per heavy atom. The number of nitrogens with one attached hydrogen (secondary N) is 1. The second-order valence-corrected chi connectivity index (χ2v) is 5.61. The molecule has 1 fully saturated rings. The van der Waals surface area contributed by atoms with Gasteiger partial charge in [0.15, 0.2) is 0 Å². The van der Waals surface area contributed by atoms with Crippen molar-refractivity contribution >= 4 is 10.9 Å². The van der Waals surface area contributed by atoms with Crippen molar-refractivity contribution in [3.8, 4) is 0 Å². The molecular weight excluding hydrogens is 239 g/mol. The lowest BCUT2D eigenvalue weighted by atomic mass is 10.1. The Hall–Kier alpha value is -1.35. The van der Waals surface area contributed by atoms with Crippen molar-refractivity contribution in [3.05, 3.63) is 35.8 Å². The van der Waals surface area contributed by atoms with Crippen LogP contribution >= 0.6 is 0 Å². The molecule has 0 spiro atoms. The predicted octanol–water partition coefficient (Wildman–Crippen LogP) is 3.39. The maximum atomic E-state index is 13.3. The highest BCUT2D eigenvalue weighted by atomic mass is 19.1. The third kappa shape index (κ3) is 2.66. The minimum absolute atomic E-state index is 0.163. The molecule has 0 unspecified atom stereocenters. The first-order chi connectivity index (χ1) is 9.24. The first-order valence-electron chi connectivity index (χ1n) is 7.21. The van der Waals surface area contributed by atoms with Crippen molar-refractivity contribution in [1.29, 1.82) is 0 Å². The average Bonchev–Trinajstić information content (AvgIpc) is 2.99. The van der Waals surface area contributed by atoms with Gasteiger partial charge < -0.3 is 9.88 Å². The number of halogens is 1. The zero-order valence-corrected chi connectivity index (χ0v) is 11.5. The zero-order chi connectivity index (χ0) is 13.2. The summed E-state index contributed by atoms with van der Waals surface area (Å²) in [5.74, 6) is -0.163. The van der Waals surface area contributed by atoms with Crippen LogP contribution < -0.4 is 5.32 Å². The fourth-order valence-electron chi connectivity index (χ4n) is 3.18. The second kappa shape index (κ2) is 5.33. The summed E-state index contributed by atoms with van der Waals surface area (Å²) in [5.41, 5.74) is 2.29. The minimum atomic E-state index is -0.163. The van der Waals surface area contributed by atoms with Gasteiger partial charge in [-0.2, -0.15) is 0 Å². The van der Waals surface area contributed by atoms with Crippen LogP contribution in [-0.2, 0) is 13.5 Å². The van der Waals surface area contributed by atoms with Crippen LogP contribution in [0, 0.1) is 5.82 Å². The maximum absolute atomic E-state index is 13.3. The van der Waals surface area contributed by atoms with E-state index in [4.69, 9.17) is 0 Å². The molecule has 1 saturated carbocycles. The first-order valence-corrected chi connectivity index (χ1v) is 7.21. The van der Waals surface area contributed by atoms with Crippen molar-refractivity contribution in [2.75, 3.05) is 6.54 Å². The van der Waals surface area contributed by atoms with E-state index in [1.54, 1.807) is 12.1 Å². The van der Waals surface area contributed by atoms with E-state index < -0.39 is 0 Å². The summed E-state index contributed by atoms with van der Waals surface area (Å²) in [6.45, 7) is 1.02. The standard InChI is InChI=1S/C16H21FN2/c1-19-11-12(8-9-18-14-4-2-3-5-14)15-7-6-13(17)10-16(15)19/h6-7,10-11,14,18H,2-5,8-9H2,1H3. The van der Waals surface area contributed by atoms with E-state index >= 15 is 0 Å². The Labute approximate surface area is 113 Å². The molecule has 2 aromatic rings. The van der Waals surface area contributed by atoms with Gasteiger partial charge in [0.05, 0.1) is 5.52 Å². The van der Waals surface area contributed by atoms with Crippen LogP contribution in [0.5, 0.6) is 0 Å². The van der Waals surface area contributed by atoms with Crippen LogP contribution in [-0.4, -0.2) is 17.2 Å². The minimum Gasteiger partial charge on any atom is -0.350 e. The van der Waals surface area contributed by atoms with E-state index in [0.29, 0.717) is 6.04 Å². The molecule has 102 valence electrons. The number of aryl methyl sites for hydroxylation is 1. The molecule has 1 aliphatic carbocycles. The Kier molecular flexibility index (Phi) is 3.56. The Bertz CT molecular complexity index is 567. The molecule has 19 heavy (non-hydrogen) atoms. The lowest BCUT2D eigenvalue weighted by Gasteiger charge is -2.10. The number of hydrogen-bond donors (Lipinski definition) is 1. The topological polar surface area (TPSA) is 17.0 Å². The van der Waals surface area contributed by atoms with E-state index in [2.05, 4.69) is 11.5 Å². The van der Waals surface area contributed by atoms with Crippen molar-refractivity contribution < 1.29 is 4.39 Å². The number of rotatable bonds is 4. The molecule has 1 heterocycles. The van der Waals surface area contributed by atoms with Crippen LogP contribution in [0.3, 0.4) is 0 Å². The van der Waals surface area contributed by atoms with E-state index in [0.717, 1.165) is 18.5 Å². The largest absolute Gasteiger partial charge is 0.350 e. The lowest BCUT2D eigenvalue weighted by molar-refractivity contribution is 0.528.